The van der Waals surface area contributed by atoms with E-state index in [2.05, 4.69) is 13.8 Å². The fraction of sp³-hybridized carbons (Fsp3) is 1.00. The highest BCUT2D eigenvalue weighted by atomic mass is 16.3. The topological polar surface area (TPSA) is 40.5 Å². The average Bonchev–Trinajstić information content (AvgIpc) is 2.74. The van der Waals surface area contributed by atoms with E-state index in [1.54, 1.807) is 0 Å². The van der Waals surface area contributed by atoms with Gasteiger partial charge in [0.15, 0.2) is 0 Å². The minimum absolute atomic E-state index is 0.372. The molecule has 0 unspecified atom stereocenters. The Morgan fingerprint density at radius 3 is 0.621 bits per heavy atom. The minimum atomic E-state index is 0.372. The van der Waals surface area contributed by atoms with Crippen LogP contribution in [-0.4, -0.2) is 23.4 Å². The molecule has 0 saturated carbocycles. The Morgan fingerprint density at radius 1 is 0.276 bits per heavy atom. The Kier molecular flexibility index (Phi) is 35.0. The van der Waals surface area contributed by atoms with E-state index in [1.165, 1.54) is 135 Å². The molecule has 0 aromatic heterocycles. The molecular weight excluding hydrogens is 356 g/mol. The third-order valence-corrected chi connectivity index (χ3v) is 5.77. The molecule has 0 bridgehead atoms. The maximum atomic E-state index is 8.63. The molecule has 0 aromatic rings. The summed E-state index contributed by atoms with van der Waals surface area (Å²) in [6.45, 7) is 5.28. The van der Waals surface area contributed by atoms with Gasteiger partial charge in [-0.2, -0.15) is 0 Å². The van der Waals surface area contributed by atoms with Crippen molar-refractivity contribution >= 4 is 0 Å². The zero-order valence-corrected chi connectivity index (χ0v) is 20.6. The van der Waals surface area contributed by atoms with Crippen LogP contribution < -0.4 is 0 Å². The largest absolute Gasteiger partial charge is 0.396 e. The van der Waals surface area contributed by atoms with Crippen molar-refractivity contribution < 1.29 is 10.2 Å². The monoisotopic (exact) mass is 414 g/mol. The van der Waals surface area contributed by atoms with Crippen LogP contribution in [0, 0.1) is 0 Å². The lowest BCUT2D eigenvalue weighted by atomic mass is 10.0. The number of hydrogen-bond acceptors (Lipinski definition) is 2. The van der Waals surface area contributed by atoms with Crippen LogP contribution in [0.2, 0.25) is 0 Å². The lowest BCUT2D eigenvalue weighted by Gasteiger charge is -2.02. The minimum Gasteiger partial charge on any atom is -0.396 e. The molecule has 0 saturated heterocycles. The third kappa shape index (κ3) is 35.7. The van der Waals surface area contributed by atoms with Crippen molar-refractivity contribution in [3.8, 4) is 0 Å². The van der Waals surface area contributed by atoms with E-state index in [9.17, 15) is 0 Å². The Morgan fingerprint density at radius 2 is 0.448 bits per heavy atom. The summed E-state index contributed by atoms with van der Waals surface area (Å²) >= 11 is 0. The van der Waals surface area contributed by atoms with Gasteiger partial charge in [-0.3, -0.25) is 0 Å². The molecule has 0 aromatic carbocycles. The third-order valence-electron chi connectivity index (χ3n) is 5.77. The summed E-state index contributed by atoms with van der Waals surface area (Å²) in [4.78, 5) is 0. The Hall–Kier alpha value is -0.0800. The van der Waals surface area contributed by atoms with E-state index < -0.39 is 0 Å². The summed E-state index contributed by atoms with van der Waals surface area (Å²) in [5.41, 5.74) is 0. The molecule has 0 aliphatic carbocycles. The van der Waals surface area contributed by atoms with Crippen molar-refractivity contribution in [2.75, 3.05) is 13.2 Å². The molecular formula is C27H58O2. The van der Waals surface area contributed by atoms with Crippen molar-refractivity contribution in [3.05, 3.63) is 0 Å². The second-order valence-electron chi connectivity index (χ2n) is 8.87. The molecule has 29 heavy (non-hydrogen) atoms. The van der Waals surface area contributed by atoms with Crippen LogP contribution in [0.4, 0.5) is 0 Å². The lowest BCUT2D eigenvalue weighted by Crippen LogP contribution is -1.84. The lowest BCUT2D eigenvalue weighted by molar-refractivity contribution is 0.282. The van der Waals surface area contributed by atoms with E-state index in [4.69, 9.17) is 10.2 Å². The van der Waals surface area contributed by atoms with E-state index in [0.717, 1.165) is 12.8 Å². The van der Waals surface area contributed by atoms with Crippen LogP contribution in [0.25, 0.3) is 0 Å². The van der Waals surface area contributed by atoms with Crippen molar-refractivity contribution in [2.45, 2.75) is 162 Å². The molecule has 0 aliphatic rings. The second-order valence-corrected chi connectivity index (χ2v) is 8.87. The van der Waals surface area contributed by atoms with Gasteiger partial charge in [0.05, 0.1) is 0 Å². The molecule has 0 fully saturated rings. The van der Waals surface area contributed by atoms with Gasteiger partial charge in [0, 0.05) is 13.2 Å². The van der Waals surface area contributed by atoms with Gasteiger partial charge in [-0.1, -0.05) is 149 Å². The summed E-state index contributed by atoms with van der Waals surface area (Å²) < 4.78 is 0. The summed E-state index contributed by atoms with van der Waals surface area (Å²) in [6, 6.07) is 0. The van der Waals surface area contributed by atoms with Crippen LogP contribution >= 0.6 is 0 Å². The van der Waals surface area contributed by atoms with Gasteiger partial charge in [0.1, 0.15) is 0 Å². The van der Waals surface area contributed by atoms with Crippen LogP contribution in [0.15, 0.2) is 0 Å². The zero-order valence-electron chi connectivity index (χ0n) is 20.6. The maximum Gasteiger partial charge on any atom is 0.0431 e. The number of aliphatic hydroxyl groups excluding tert-OH is 2. The van der Waals surface area contributed by atoms with Gasteiger partial charge < -0.3 is 10.2 Å². The van der Waals surface area contributed by atoms with Gasteiger partial charge in [-0.15, -0.1) is 0 Å². The fourth-order valence-corrected chi connectivity index (χ4v) is 3.73. The second kappa shape index (κ2) is 32.6. The van der Waals surface area contributed by atoms with E-state index >= 15 is 0 Å². The Balaban J connectivity index is 0. The van der Waals surface area contributed by atoms with Crippen molar-refractivity contribution in [1.29, 1.82) is 0 Å². The van der Waals surface area contributed by atoms with Crippen LogP contribution in [-0.2, 0) is 0 Å². The quantitative estimate of drug-likeness (QED) is 0.164. The molecule has 2 nitrogen and oxygen atoms in total. The number of unbranched alkanes of at least 4 members (excludes halogenated alkanes) is 21. The molecule has 0 radical (unpaired) electrons. The van der Waals surface area contributed by atoms with Gasteiger partial charge in [0.25, 0.3) is 0 Å². The highest BCUT2D eigenvalue weighted by molar-refractivity contribution is 4.49. The van der Waals surface area contributed by atoms with Crippen LogP contribution in [0.5, 0.6) is 0 Å². The first-order chi connectivity index (χ1) is 14.3. The van der Waals surface area contributed by atoms with Crippen molar-refractivity contribution in [3.63, 3.8) is 0 Å². The zero-order chi connectivity index (χ0) is 21.7. The van der Waals surface area contributed by atoms with Crippen LogP contribution in [0.1, 0.15) is 162 Å². The summed E-state index contributed by atoms with van der Waals surface area (Å²) in [6.07, 6.45) is 31.0. The molecule has 0 heterocycles. The molecule has 178 valence electrons. The average molecular weight is 415 g/mol. The molecule has 0 spiro atoms. The summed E-state index contributed by atoms with van der Waals surface area (Å²) in [5, 5.41) is 17.2. The first-order valence-electron chi connectivity index (χ1n) is 13.5. The highest BCUT2D eigenvalue weighted by Gasteiger charge is 1.93. The van der Waals surface area contributed by atoms with E-state index in [-0.39, 0.29) is 0 Å². The van der Waals surface area contributed by atoms with Gasteiger partial charge in [-0.25, -0.2) is 0 Å². The Labute approximate surface area is 185 Å². The standard InChI is InChI=1S/C15H32O.C12H26O/c1-2-3-4-5-6-7-8-9-10-11-12-13-14-15-16;1-2-3-4-5-6-7-8-9-10-11-12-13/h16H,2-15H2,1H3;13H,2-12H2,1H3. The Bertz CT molecular complexity index is 219. The van der Waals surface area contributed by atoms with Gasteiger partial charge in [0.2, 0.25) is 0 Å². The van der Waals surface area contributed by atoms with Crippen molar-refractivity contribution in [2.24, 2.45) is 0 Å². The molecule has 0 aliphatic heterocycles. The first-order valence-corrected chi connectivity index (χ1v) is 13.5. The normalized spacial score (nSPS) is 10.8. The van der Waals surface area contributed by atoms with Crippen molar-refractivity contribution in [1.82, 2.24) is 0 Å². The fourth-order valence-electron chi connectivity index (χ4n) is 3.73. The molecule has 2 heteroatoms. The number of hydrogen-bond donors (Lipinski definition) is 2. The van der Waals surface area contributed by atoms with Gasteiger partial charge >= 0.3 is 0 Å². The summed E-state index contributed by atoms with van der Waals surface area (Å²) in [5.74, 6) is 0. The number of aliphatic hydroxyl groups is 2. The van der Waals surface area contributed by atoms with E-state index in [0.29, 0.717) is 13.2 Å². The smallest absolute Gasteiger partial charge is 0.0431 e. The predicted octanol–water partition coefficient (Wildman–Crippen LogP) is 8.97. The summed E-state index contributed by atoms with van der Waals surface area (Å²) in [7, 11) is 0. The number of rotatable bonds is 23. The van der Waals surface area contributed by atoms with Crippen LogP contribution in [0.3, 0.4) is 0 Å². The van der Waals surface area contributed by atoms with E-state index in [1.807, 2.05) is 0 Å². The first kappa shape index (κ1) is 31.1. The maximum absolute atomic E-state index is 8.63. The molecule has 0 atom stereocenters. The predicted molar refractivity (Wildman–Crippen MR) is 132 cm³/mol. The molecule has 0 rings (SSSR count). The SMILES string of the molecule is CCCCCCCCCCCCCCCO.CCCCCCCCCCCCO. The molecule has 0 amide bonds. The van der Waals surface area contributed by atoms with Gasteiger partial charge in [-0.05, 0) is 12.8 Å². The molecule has 2 N–H and O–H groups in total. The highest BCUT2D eigenvalue weighted by Crippen LogP contribution is 2.12.